The first-order valence-electron chi connectivity index (χ1n) is 3.70. The fourth-order valence-corrected chi connectivity index (χ4v) is 2.32. The predicted molar refractivity (Wildman–Crippen MR) is 51.4 cm³/mol. The van der Waals surface area contributed by atoms with Crippen LogP contribution in [0.1, 0.15) is 24.3 Å². The Morgan fingerprint density at radius 1 is 1.64 bits per heavy atom. The second-order valence-electron chi connectivity index (χ2n) is 2.39. The second kappa shape index (κ2) is 4.10. The summed E-state index contributed by atoms with van der Waals surface area (Å²) < 4.78 is 0.869. The molecule has 62 valence electrons. The van der Waals surface area contributed by atoms with Gasteiger partial charge in [-0.2, -0.15) is 0 Å². The van der Waals surface area contributed by atoms with Crippen molar-refractivity contribution in [1.82, 2.24) is 5.32 Å². The predicted octanol–water partition coefficient (Wildman–Crippen LogP) is 3.07. The normalized spacial score (nSPS) is 13.4. The largest absolute Gasteiger partial charge is 0.312 e. The molecule has 0 amide bonds. The van der Waals surface area contributed by atoms with E-state index in [0.717, 1.165) is 10.8 Å². The molecular formula is C8H12ClNS. The highest BCUT2D eigenvalue weighted by Crippen LogP contribution is 2.27. The summed E-state index contributed by atoms with van der Waals surface area (Å²) in [4.78, 5) is 1.32. The van der Waals surface area contributed by atoms with Gasteiger partial charge in [0.15, 0.2) is 0 Å². The molecule has 1 N–H and O–H groups in total. The Balaban J connectivity index is 2.73. The number of hydrogen-bond donors (Lipinski definition) is 1. The molecule has 0 aromatic carbocycles. The van der Waals surface area contributed by atoms with E-state index in [4.69, 9.17) is 11.6 Å². The van der Waals surface area contributed by atoms with E-state index in [1.807, 2.05) is 13.1 Å². The third-order valence-corrected chi connectivity index (χ3v) is 3.04. The summed E-state index contributed by atoms with van der Waals surface area (Å²) in [6, 6.07) is 4.49. The van der Waals surface area contributed by atoms with Gasteiger partial charge in [-0.15, -0.1) is 11.3 Å². The molecule has 1 rings (SSSR count). The van der Waals surface area contributed by atoms with E-state index in [-0.39, 0.29) is 0 Å². The number of thiophene rings is 1. The molecule has 0 saturated heterocycles. The molecule has 1 unspecified atom stereocenters. The van der Waals surface area contributed by atoms with Crippen LogP contribution in [-0.4, -0.2) is 7.05 Å². The molecule has 0 bridgehead atoms. The van der Waals surface area contributed by atoms with Crippen molar-refractivity contribution >= 4 is 22.9 Å². The summed E-state index contributed by atoms with van der Waals surface area (Å²) >= 11 is 7.46. The summed E-state index contributed by atoms with van der Waals surface area (Å²) in [7, 11) is 1.97. The van der Waals surface area contributed by atoms with Crippen LogP contribution in [0, 0.1) is 0 Å². The molecule has 1 atom stereocenters. The van der Waals surface area contributed by atoms with Gasteiger partial charge < -0.3 is 5.32 Å². The molecule has 0 radical (unpaired) electrons. The molecule has 0 spiro atoms. The molecule has 1 aromatic rings. The summed E-state index contributed by atoms with van der Waals surface area (Å²) in [5, 5.41) is 3.23. The molecule has 1 nitrogen and oxygen atoms in total. The Morgan fingerprint density at radius 2 is 2.36 bits per heavy atom. The minimum absolute atomic E-state index is 0.465. The third-order valence-electron chi connectivity index (χ3n) is 1.69. The van der Waals surface area contributed by atoms with Crippen LogP contribution in [-0.2, 0) is 0 Å². The number of rotatable bonds is 3. The van der Waals surface area contributed by atoms with Crippen LogP contribution in [0.5, 0.6) is 0 Å². The Morgan fingerprint density at radius 3 is 2.73 bits per heavy atom. The lowest BCUT2D eigenvalue weighted by atomic mass is 10.2. The monoisotopic (exact) mass is 189 g/mol. The van der Waals surface area contributed by atoms with Crippen molar-refractivity contribution in [3.63, 3.8) is 0 Å². The number of nitrogens with one attached hydrogen (secondary N) is 1. The van der Waals surface area contributed by atoms with Crippen LogP contribution >= 0.6 is 22.9 Å². The Kier molecular flexibility index (Phi) is 3.37. The highest BCUT2D eigenvalue weighted by Gasteiger charge is 2.07. The molecular weight excluding hydrogens is 178 g/mol. The van der Waals surface area contributed by atoms with Gasteiger partial charge >= 0.3 is 0 Å². The quantitative estimate of drug-likeness (QED) is 0.771. The van der Waals surface area contributed by atoms with Gasteiger partial charge in [0.25, 0.3) is 0 Å². The van der Waals surface area contributed by atoms with Crippen LogP contribution in [0.25, 0.3) is 0 Å². The van der Waals surface area contributed by atoms with E-state index in [1.54, 1.807) is 11.3 Å². The lowest BCUT2D eigenvalue weighted by molar-refractivity contribution is 0.586. The Hall–Kier alpha value is -0.0500. The number of hydrogen-bond acceptors (Lipinski definition) is 2. The van der Waals surface area contributed by atoms with Gasteiger partial charge in [-0.25, -0.2) is 0 Å². The van der Waals surface area contributed by atoms with Gasteiger partial charge in [-0.1, -0.05) is 18.5 Å². The average Bonchev–Trinajstić information content (AvgIpc) is 2.39. The fourth-order valence-electron chi connectivity index (χ4n) is 1.06. The van der Waals surface area contributed by atoms with Gasteiger partial charge in [0.05, 0.1) is 4.34 Å². The highest BCUT2D eigenvalue weighted by molar-refractivity contribution is 7.16. The maximum atomic E-state index is 5.81. The molecule has 0 saturated carbocycles. The third kappa shape index (κ3) is 2.19. The Bertz CT molecular complexity index is 218. The van der Waals surface area contributed by atoms with Crippen molar-refractivity contribution in [2.24, 2.45) is 0 Å². The summed E-state index contributed by atoms with van der Waals surface area (Å²) in [5.74, 6) is 0. The highest BCUT2D eigenvalue weighted by atomic mass is 35.5. The molecule has 1 heterocycles. The van der Waals surface area contributed by atoms with E-state index in [0.29, 0.717) is 6.04 Å². The zero-order valence-corrected chi connectivity index (χ0v) is 8.30. The van der Waals surface area contributed by atoms with Gasteiger partial charge in [0.2, 0.25) is 0 Å². The maximum Gasteiger partial charge on any atom is 0.0931 e. The SMILES string of the molecule is CCC(NC)c1ccc(Cl)s1. The maximum absolute atomic E-state index is 5.81. The molecule has 1 aromatic heterocycles. The smallest absolute Gasteiger partial charge is 0.0931 e. The van der Waals surface area contributed by atoms with Crippen LogP contribution in [0.2, 0.25) is 4.34 Å². The topological polar surface area (TPSA) is 12.0 Å². The van der Waals surface area contributed by atoms with Gasteiger partial charge in [-0.3, -0.25) is 0 Å². The first-order chi connectivity index (χ1) is 5.27. The molecule has 0 aliphatic heterocycles. The molecule has 0 fully saturated rings. The molecule has 0 aliphatic carbocycles. The standard InChI is InChI=1S/C8H12ClNS/c1-3-6(10-2)7-4-5-8(9)11-7/h4-6,10H,3H2,1-2H3. The van der Waals surface area contributed by atoms with Crippen molar-refractivity contribution in [1.29, 1.82) is 0 Å². The van der Waals surface area contributed by atoms with Crippen molar-refractivity contribution in [3.8, 4) is 0 Å². The summed E-state index contributed by atoms with van der Waals surface area (Å²) in [5.41, 5.74) is 0. The van der Waals surface area contributed by atoms with Gasteiger partial charge in [0, 0.05) is 10.9 Å². The summed E-state index contributed by atoms with van der Waals surface area (Å²) in [6.07, 6.45) is 1.10. The summed E-state index contributed by atoms with van der Waals surface area (Å²) in [6.45, 7) is 2.16. The first kappa shape index (κ1) is 9.04. The first-order valence-corrected chi connectivity index (χ1v) is 4.90. The van der Waals surface area contributed by atoms with E-state index in [1.165, 1.54) is 4.88 Å². The van der Waals surface area contributed by atoms with Gasteiger partial charge in [0.1, 0.15) is 0 Å². The zero-order valence-electron chi connectivity index (χ0n) is 6.73. The van der Waals surface area contributed by atoms with Gasteiger partial charge in [-0.05, 0) is 25.6 Å². The van der Waals surface area contributed by atoms with E-state index in [2.05, 4.69) is 18.3 Å². The minimum atomic E-state index is 0.465. The van der Waals surface area contributed by atoms with Crippen LogP contribution < -0.4 is 5.32 Å². The lowest BCUT2D eigenvalue weighted by Gasteiger charge is -2.10. The lowest BCUT2D eigenvalue weighted by Crippen LogP contribution is -2.13. The van der Waals surface area contributed by atoms with Crippen LogP contribution in [0.3, 0.4) is 0 Å². The van der Waals surface area contributed by atoms with Crippen molar-refractivity contribution in [2.45, 2.75) is 19.4 Å². The fraction of sp³-hybridized carbons (Fsp3) is 0.500. The van der Waals surface area contributed by atoms with E-state index < -0.39 is 0 Å². The Labute approximate surface area is 76.4 Å². The second-order valence-corrected chi connectivity index (χ2v) is 4.14. The number of halogens is 1. The minimum Gasteiger partial charge on any atom is -0.312 e. The van der Waals surface area contributed by atoms with Crippen LogP contribution in [0.15, 0.2) is 12.1 Å². The molecule has 11 heavy (non-hydrogen) atoms. The van der Waals surface area contributed by atoms with Crippen LogP contribution in [0.4, 0.5) is 0 Å². The molecule has 0 aliphatic rings. The molecule has 3 heteroatoms. The zero-order chi connectivity index (χ0) is 8.27. The van der Waals surface area contributed by atoms with Crippen molar-refractivity contribution in [2.75, 3.05) is 7.05 Å². The van der Waals surface area contributed by atoms with E-state index >= 15 is 0 Å². The van der Waals surface area contributed by atoms with E-state index in [9.17, 15) is 0 Å². The van der Waals surface area contributed by atoms with Crippen molar-refractivity contribution in [3.05, 3.63) is 21.3 Å². The average molecular weight is 190 g/mol. The van der Waals surface area contributed by atoms with Crippen molar-refractivity contribution < 1.29 is 0 Å².